The van der Waals surface area contributed by atoms with E-state index in [-0.39, 0.29) is 5.97 Å². The van der Waals surface area contributed by atoms with Gasteiger partial charge in [-0.1, -0.05) is 0 Å². The zero-order valence-corrected chi connectivity index (χ0v) is 13.1. The van der Waals surface area contributed by atoms with Crippen molar-refractivity contribution in [3.05, 3.63) is 0 Å². The summed E-state index contributed by atoms with van der Waals surface area (Å²) in [5.74, 6) is 2.99. The summed E-state index contributed by atoms with van der Waals surface area (Å²) in [5, 5.41) is 0. The summed E-state index contributed by atoms with van der Waals surface area (Å²) in [6.45, 7) is 4.41. The maximum Gasteiger partial charge on any atom is 0.307 e. The SMILES string of the molecule is CCOC(=O)CCN(C)CC12CC3CC(CC(C3)C1)C2. The molecule has 4 rings (SSSR count). The lowest BCUT2D eigenvalue weighted by molar-refractivity contribution is -0.143. The summed E-state index contributed by atoms with van der Waals surface area (Å²) in [6.07, 6.45) is 9.40. The topological polar surface area (TPSA) is 29.5 Å². The lowest BCUT2D eigenvalue weighted by atomic mass is 9.49. The van der Waals surface area contributed by atoms with Crippen LogP contribution in [-0.2, 0) is 9.53 Å². The van der Waals surface area contributed by atoms with Gasteiger partial charge in [-0.2, -0.15) is 0 Å². The second kappa shape index (κ2) is 5.67. The van der Waals surface area contributed by atoms with Crippen LogP contribution in [0.25, 0.3) is 0 Å². The molecule has 0 aliphatic heterocycles. The molecule has 3 heteroatoms. The van der Waals surface area contributed by atoms with Gasteiger partial charge in [0.15, 0.2) is 0 Å². The molecule has 4 aliphatic rings. The van der Waals surface area contributed by atoms with Crippen LogP contribution in [0.3, 0.4) is 0 Å². The van der Waals surface area contributed by atoms with Crippen molar-refractivity contribution >= 4 is 5.97 Å². The summed E-state index contributed by atoms with van der Waals surface area (Å²) < 4.78 is 5.02. The van der Waals surface area contributed by atoms with E-state index in [1.807, 2.05) is 6.92 Å². The minimum Gasteiger partial charge on any atom is -0.466 e. The highest BCUT2D eigenvalue weighted by atomic mass is 16.5. The first-order valence-electron chi connectivity index (χ1n) is 8.43. The molecule has 4 saturated carbocycles. The lowest BCUT2D eigenvalue weighted by Gasteiger charge is -2.57. The Morgan fingerprint density at radius 2 is 1.70 bits per heavy atom. The highest BCUT2D eigenvalue weighted by molar-refractivity contribution is 5.69. The summed E-state index contributed by atoms with van der Waals surface area (Å²) >= 11 is 0. The van der Waals surface area contributed by atoms with E-state index in [9.17, 15) is 4.79 Å². The molecule has 0 N–H and O–H groups in total. The zero-order valence-electron chi connectivity index (χ0n) is 13.1. The molecule has 4 bridgehead atoms. The van der Waals surface area contributed by atoms with E-state index < -0.39 is 0 Å². The first-order valence-corrected chi connectivity index (χ1v) is 8.43. The van der Waals surface area contributed by atoms with E-state index >= 15 is 0 Å². The molecule has 0 atom stereocenters. The molecule has 0 amide bonds. The normalized spacial score (nSPS) is 38.5. The fraction of sp³-hybridized carbons (Fsp3) is 0.941. The zero-order chi connectivity index (χ0) is 14.2. The van der Waals surface area contributed by atoms with Crippen LogP contribution >= 0.6 is 0 Å². The van der Waals surface area contributed by atoms with E-state index in [2.05, 4.69) is 11.9 Å². The van der Waals surface area contributed by atoms with Gasteiger partial charge in [0.05, 0.1) is 13.0 Å². The van der Waals surface area contributed by atoms with Crippen LogP contribution in [0, 0.1) is 23.2 Å². The smallest absolute Gasteiger partial charge is 0.307 e. The van der Waals surface area contributed by atoms with Crippen LogP contribution in [0.2, 0.25) is 0 Å². The van der Waals surface area contributed by atoms with Crippen LogP contribution in [-0.4, -0.2) is 37.6 Å². The average molecular weight is 279 g/mol. The van der Waals surface area contributed by atoms with Crippen molar-refractivity contribution in [2.24, 2.45) is 23.2 Å². The number of hydrogen-bond acceptors (Lipinski definition) is 3. The molecule has 3 nitrogen and oxygen atoms in total. The second-order valence-corrected chi connectivity index (χ2v) is 7.71. The van der Waals surface area contributed by atoms with Gasteiger partial charge < -0.3 is 9.64 Å². The number of carbonyl (C=O) groups is 1. The Bertz CT molecular complexity index is 331. The first kappa shape index (κ1) is 14.4. The fourth-order valence-corrected chi connectivity index (χ4v) is 5.65. The molecule has 4 fully saturated rings. The Hall–Kier alpha value is -0.570. The van der Waals surface area contributed by atoms with Gasteiger partial charge in [0, 0.05) is 13.1 Å². The van der Waals surface area contributed by atoms with Crippen molar-refractivity contribution in [2.45, 2.75) is 51.9 Å². The average Bonchev–Trinajstić information content (AvgIpc) is 2.34. The Morgan fingerprint density at radius 1 is 1.15 bits per heavy atom. The molecule has 4 aliphatic carbocycles. The molecule has 0 spiro atoms. The Labute approximate surface area is 123 Å². The highest BCUT2D eigenvalue weighted by Gasteiger charge is 2.50. The van der Waals surface area contributed by atoms with E-state index in [0.29, 0.717) is 18.4 Å². The third-order valence-electron chi connectivity index (χ3n) is 5.77. The summed E-state index contributed by atoms with van der Waals surface area (Å²) in [5.41, 5.74) is 0.582. The maximum atomic E-state index is 11.5. The molecule has 0 saturated heterocycles. The molecule has 0 aromatic carbocycles. The predicted molar refractivity (Wildman–Crippen MR) is 79.4 cm³/mol. The van der Waals surface area contributed by atoms with E-state index in [1.165, 1.54) is 45.1 Å². The van der Waals surface area contributed by atoms with E-state index in [4.69, 9.17) is 4.74 Å². The third kappa shape index (κ3) is 3.03. The molecule has 0 aromatic heterocycles. The van der Waals surface area contributed by atoms with Crippen LogP contribution in [0.15, 0.2) is 0 Å². The fourth-order valence-electron chi connectivity index (χ4n) is 5.65. The molecule has 0 unspecified atom stereocenters. The Kier molecular flexibility index (Phi) is 4.07. The molecular formula is C17H29NO2. The van der Waals surface area contributed by atoms with Gasteiger partial charge in [-0.15, -0.1) is 0 Å². The van der Waals surface area contributed by atoms with Gasteiger partial charge in [-0.25, -0.2) is 0 Å². The largest absolute Gasteiger partial charge is 0.466 e. The molecule has 0 aromatic rings. The number of ether oxygens (including phenoxy) is 1. The van der Waals surface area contributed by atoms with Crippen LogP contribution in [0.1, 0.15) is 51.9 Å². The third-order valence-corrected chi connectivity index (χ3v) is 5.77. The van der Waals surface area contributed by atoms with E-state index in [0.717, 1.165) is 24.3 Å². The van der Waals surface area contributed by atoms with Crippen molar-refractivity contribution < 1.29 is 9.53 Å². The summed E-state index contributed by atoms with van der Waals surface area (Å²) in [4.78, 5) is 13.8. The minimum atomic E-state index is -0.0511. The quantitative estimate of drug-likeness (QED) is 0.700. The molecule has 114 valence electrons. The number of esters is 1. The monoisotopic (exact) mass is 279 g/mol. The Balaban J connectivity index is 1.51. The molecule has 0 heterocycles. The van der Waals surface area contributed by atoms with E-state index in [1.54, 1.807) is 0 Å². The standard InChI is InChI=1S/C17H29NO2/c1-3-20-16(19)4-5-18(2)12-17-9-13-6-14(10-17)8-15(7-13)11-17/h13-15H,3-12H2,1-2H3. The minimum absolute atomic E-state index is 0.0511. The van der Waals surface area contributed by atoms with Crippen molar-refractivity contribution in [3.63, 3.8) is 0 Å². The number of carbonyl (C=O) groups excluding carboxylic acids is 1. The van der Waals surface area contributed by atoms with Gasteiger partial charge in [-0.3, -0.25) is 4.79 Å². The molecular weight excluding hydrogens is 250 g/mol. The maximum absolute atomic E-state index is 11.5. The number of rotatable bonds is 6. The van der Waals surface area contributed by atoms with Gasteiger partial charge in [0.1, 0.15) is 0 Å². The highest BCUT2D eigenvalue weighted by Crippen LogP contribution is 2.60. The second-order valence-electron chi connectivity index (χ2n) is 7.71. The summed E-state index contributed by atoms with van der Waals surface area (Å²) in [7, 11) is 2.18. The van der Waals surface area contributed by atoms with Crippen LogP contribution in [0.4, 0.5) is 0 Å². The molecule has 20 heavy (non-hydrogen) atoms. The summed E-state index contributed by atoms with van der Waals surface area (Å²) in [6, 6.07) is 0. The first-order chi connectivity index (χ1) is 9.58. The number of nitrogens with zero attached hydrogens (tertiary/aromatic N) is 1. The lowest BCUT2D eigenvalue weighted by Crippen LogP contribution is -2.50. The van der Waals surface area contributed by atoms with Crippen molar-refractivity contribution in [2.75, 3.05) is 26.7 Å². The Morgan fingerprint density at radius 3 is 2.20 bits per heavy atom. The molecule has 0 radical (unpaired) electrons. The van der Waals surface area contributed by atoms with Crippen molar-refractivity contribution in [1.29, 1.82) is 0 Å². The van der Waals surface area contributed by atoms with Gasteiger partial charge in [0.2, 0.25) is 0 Å². The van der Waals surface area contributed by atoms with Gasteiger partial charge in [-0.05, 0) is 75.7 Å². The van der Waals surface area contributed by atoms with Crippen molar-refractivity contribution in [1.82, 2.24) is 4.90 Å². The van der Waals surface area contributed by atoms with Crippen molar-refractivity contribution in [3.8, 4) is 0 Å². The number of hydrogen-bond donors (Lipinski definition) is 0. The predicted octanol–water partition coefficient (Wildman–Crippen LogP) is 3.09. The van der Waals surface area contributed by atoms with Gasteiger partial charge in [0.25, 0.3) is 0 Å². The van der Waals surface area contributed by atoms with Crippen LogP contribution < -0.4 is 0 Å². The van der Waals surface area contributed by atoms with Gasteiger partial charge >= 0.3 is 5.97 Å². The van der Waals surface area contributed by atoms with Crippen LogP contribution in [0.5, 0.6) is 0 Å².